The molecule has 0 spiro atoms. The first-order valence-corrected chi connectivity index (χ1v) is 6.18. The fraction of sp³-hybridized carbons (Fsp3) is 0.500. The van der Waals surface area contributed by atoms with Gasteiger partial charge in [-0.1, -0.05) is 31.4 Å². The number of rotatable bonds is 2. The maximum Gasteiger partial charge on any atom is 0.511 e. The zero-order chi connectivity index (χ0) is 12.3. The van der Waals surface area contributed by atoms with Crippen LogP contribution >= 0.6 is 0 Å². The second-order valence-corrected chi connectivity index (χ2v) is 4.73. The lowest BCUT2D eigenvalue weighted by Crippen LogP contribution is -2.07. The fourth-order valence-corrected chi connectivity index (χ4v) is 2.57. The van der Waals surface area contributed by atoms with Crippen LogP contribution < -0.4 is 4.74 Å². The van der Waals surface area contributed by atoms with Gasteiger partial charge in [-0.25, -0.2) is 4.79 Å². The Bertz CT molecular complexity index is 406. The summed E-state index contributed by atoms with van der Waals surface area (Å²) in [5.41, 5.74) is 2.22. The molecule has 1 aromatic rings. The summed E-state index contributed by atoms with van der Waals surface area (Å²) < 4.78 is 4.70. The van der Waals surface area contributed by atoms with Gasteiger partial charge in [-0.05, 0) is 42.9 Å². The van der Waals surface area contributed by atoms with Crippen molar-refractivity contribution in [3.63, 3.8) is 0 Å². The monoisotopic (exact) mass is 234 g/mol. The van der Waals surface area contributed by atoms with E-state index in [0.717, 1.165) is 5.56 Å². The molecule has 0 bridgehead atoms. The molecule has 0 amide bonds. The summed E-state index contributed by atoms with van der Waals surface area (Å²) in [6.07, 6.45) is 5.19. The van der Waals surface area contributed by atoms with Crippen molar-refractivity contribution < 1.29 is 14.6 Å². The van der Waals surface area contributed by atoms with E-state index in [1.54, 1.807) is 6.07 Å². The quantitative estimate of drug-likeness (QED) is 0.619. The largest absolute Gasteiger partial charge is 0.511 e. The molecule has 3 nitrogen and oxygen atoms in total. The van der Waals surface area contributed by atoms with E-state index in [1.807, 2.05) is 13.0 Å². The van der Waals surface area contributed by atoms with Crippen LogP contribution in [0.5, 0.6) is 5.75 Å². The van der Waals surface area contributed by atoms with Gasteiger partial charge in [-0.2, -0.15) is 0 Å². The van der Waals surface area contributed by atoms with Crippen LogP contribution in [0, 0.1) is 6.92 Å². The van der Waals surface area contributed by atoms with Gasteiger partial charge in [-0.3, -0.25) is 0 Å². The fourth-order valence-electron chi connectivity index (χ4n) is 2.57. The van der Waals surface area contributed by atoms with Gasteiger partial charge in [0.05, 0.1) is 0 Å². The summed E-state index contributed by atoms with van der Waals surface area (Å²) in [4.78, 5) is 10.5. The molecule has 0 heterocycles. The Morgan fingerprint density at radius 1 is 1.29 bits per heavy atom. The molecule has 1 fully saturated rings. The third-order valence-electron chi connectivity index (χ3n) is 3.47. The molecule has 0 saturated heterocycles. The van der Waals surface area contributed by atoms with Gasteiger partial charge < -0.3 is 9.84 Å². The highest BCUT2D eigenvalue weighted by atomic mass is 16.7. The summed E-state index contributed by atoms with van der Waals surface area (Å²) in [6.45, 7) is 1.89. The van der Waals surface area contributed by atoms with Crippen LogP contribution in [0.25, 0.3) is 0 Å². The van der Waals surface area contributed by atoms with Crippen molar-refractivity contribution >= 4 is 6.16 Å². The van der Waals surface area contributed by atoms with E-state index in [4.69, 9.17) is 9.84 Å². The molecule has 17 heavy (non-hydrogen) atoms. The van der Waals surface area contributed by atoms with Crippen molar-refractivity contribution in [1.29, 1.82) is 0 Å². The normalized spacial score (nSPS) is 16.8. The standard InChI is InChI=1S/C14H18O3/c1-10-9-12(11-5-3-2-4-6-11)7-8-13(10)17-14(15)16/h7-9,11H,2-6H2,1H3,(H,15,16). The van der Waals surface area contributed by atoms with Crippen molar-refractivity contribution in [2.24, 2.45) is 0 Å². The first-order chi connectivity index (χ1) is 8.16. The Hall–Kier alpha value is -1.51. The van der Waals surface area contributed by atoms with E-state index in [2.05, 4.69) is 6.07 Å². The van der Waals surface area contributed by atoms with E-state index >= 15 is 0 Å². The SMILES string of the molecule is Cc1cc(C2CCCCC2)ccc1OC(=O)O. The van der Waals surface area contributed by atoms with Crippen molar-refractivity contribution in [3.8, 4) is 5.75 Å². The van der Waals surface area contributed by atoms with Crippen LogP contribution in [0.3, 0.4) is 0 Å². The minimum absolute atomic E-state index is 0.442. The first-order valence-electron chi connectivity index (χ1n) is 6.18. The zero-order valence-corrected chi connectivity index (χ0v) is 10.1. The Kier molecular flexibility index (Phi) is 3.67. The highest BCUT2D eigenvalue weighted by Crippen LogP contribution is 2.34. The molecule has 0 radical (unpaired) electrons. The lowest BCUT2D eigenvalue weighted by atomic mass is 9.83. The molecule has 92 valence electrons. The maximum absolute atomic E-state index is 10.5. The maximum atomic E-state index is 10.5. The van der Waals surface area contributed by atoms with Crippen LogP contribution in [0.1, 0.15) is 49.1 Å². The minimum atomic E-state index is -1.25. The van der Waals surface area contributed by atoms with E-state index in [9.17, 15) is 4.79 Å². The predicted octanol–water partition coefficient (Wildman–Crippen LogP) is 4.10. The van der Waals surface area contributed by atoms with Crippen molar-refractivity contribution in [2.75, 3.05) is 0 Å². The Morgan fingerprint density at radius 2 is 2.00 bits per heavy atom. The van der Waals surface area contributed by atoms with Crippen LogP contribution in [0.2, 0.25) is 0 Å². The topological polar surface area (TPSA) is 46.5 Å². The van der Waals surface area contributed by atoms with Gasteiger partial charge in [0.15, 0.2) is 0 Å². The molecule has 1 saturated carbocycles. The molecule has 1 aromatic carbocycles. The van der Waals surface area contributed by atoms with Crippen LogP contribution in [-0.4, -0.2) is 11.3 Å². The number of aryl methyl sites for hydroxylation is 1. The summed E-state index contributed by atoms with van der Waals surface area (Å²) in [5.74, 6) is 1.08. The molecule has 0 aliphatic heterocycles. The molecule has 1 aliphatic carbocycles. The van der Waals surface area contributed by atoms with Crippen LogP contribution in [-0.2, 0) is 0 Å². The molecule has 0 aromatic heterocycles. The van der Waals surface area contributed by atoms with E-state index in [0.29, 0.717) is 11.7 Å². The summed E-state index contributed by atoms with van der Waals surface area (Å²) in [6, 6.07) is 5.84. The molecule has 2 rings (SSSR count). The number of hydrogen-bond donors (Lipinski definition) is 1. The van der Waals surface area contributed by atoms with E-state index < -0.39 is 6.16 Å². The lowest BCUT2D eigenvalue weighted by molar-refractivity contribution is 0.144. The van der Waals surface area contributed by atoms with E-state index in [1.165, 1.54) is 37.7 Å². The van der Waals surface area contributed by atoms with Gasteiger partial charge in [0.2, 0.25) is 0 Å². The van der Waals surface area contributed by atoms with E-state index in [-0.39, 0.29) is 0 Å². The average Bonchev–Trinajstić information content (AvgIpc) is 2.32. The summed E-state index contributed by atoms with van der Waals surface area (Å²) >= 11 is 0. The van der Waals surface area contributed by atoms with Gasteiger partial charge in [0, 0.05) is 0 Å². The van der Waals surface area contributed by atoms with Gasteiger partial charge in [0.25, 0.3) is 0 Å². The van der Waals surface area contributed by atoms with Crippen molar-refractivity contribution in [2.45, 2.75) is 44.9 Å². The molecule has 1 N–H and O–H groups in total. The number of carboxylic acid groups (broad SMARTS) is 1. The number of ether oxygens (including phenoxy) is 1. The predicted molar refractivity (Wildman–Crippen MR) is 65.7 cm³/mol. The van der Waals surface area contributed by atoms with Crippen LogP contribution in [0.15, 0.2) is 18.2 Å². The van der Waals surface area contributed by atoms with Gasteiger partial charge >= 0.3 is 6.16 Å². The lowest BCUT2D eigenvalue weighted by Gasteiger charge is -2.22. The first kappa shape index (κ1) is 12.0. The molecule has 1 aliphatic rings. The zero-order valence-electron chi connectivity index (χ0n) is 10.1. The summed E-state index contributed by atoms with van der Waals surface area (Å²) in [5, 5.41) is 8.59. The van der Waals surface area contributed by atoms with Crippen LogP contribution in [0.4, 0.5) is 4.79 Å². The molecule has 0 atom stereocenters. The molecular weight excluding hydrogens is 216 g/mol. The highest BCUT2D eigenvalue weighted by molar-refractivity contribution is 5.62. The third kappa shape index (κ3) is 2.99. The number of carbonyl (C=O) groups is 1. The van der Waals surface area contributed by atoms with Gasteiger partial charge in [-0.15, -0.1) is 0 Å². The van der Waals surface area contributed by atoms with Gasteiger partial charge in [0.1, 0.15) is 5.75 Å². The second-order valence-electron chi connectivity index (χ2n) is 4.73. The average molecular weight is 234 g/mol. The molecule has 0 unspecified atom stereocenters. The Balaban J connectivity index is 2.14. The van der Waals surface area contributed by atoms with Crippen molar-refractivity contribution in [3.05, 3.63) is 29.3 Å². The Labute approximate surface area is 101 Å². The molecule has 3 heteroatoms. The second kappa shape index (κ2) is 5.21. The Morgan fingerprint density at radius 3 is 2.59 bits per heavy atom. The smallest absolute Gasteiger partial charge is 0.449 e. The minimum Gasteiger partial charge on any atom is -0.449 e. The number of benzene rings is 1. The summed E-state index contributed by atoms with van der Waals surface area (Å²) in [7, 11) is 0. The van der Waals surface area contributed by atoms with Crippen molar-refractivity contribution in [1.82, 2.24) is 0 Å². The third-order valence-corrected chi connectivity index (χ3v) is 3.47. The number of hydrogen-bond acceptors (Lipinski definition) is 2. The molecular formula is C14H18O3. The highest BCUT2D eigenvalue weighted by Gasteiger charge is 2.16.